The van der Waals surface area contributed by atoms with Crippen molar-refractivity contribution in [1.82, 2.24) is 5.32 Å². The summed E-state index contributed by atoms with van der Waals surface area (Å²) in [6.45, 7) is 0. The maximum absolute atomic E-state index is 11.4. The first-order valence-electron chi connectivity index (χ1n) is 4.77. The molecule has 0 atom stereocenters. The molecule has 5 heteroatoms. The SMILES string of the molecule is Nc1cc(NC(=O)NC2CC2)ccc1Br. The van der Waals surface area contributed by atoms with Gasteiger partial charge in [0.2, 0.25) is 0 Å². The predicted molar refractivity (Wildman–Crippen MR) is 63.7 cm³/mol. The molecule has 0 aromatic heterocycles. The lowest BCUT2D eigenvalue weighted by Gasteiger charge is -2.07. The number of carbonyl (C=O) groups is 1. The molecule has 1 aromatic rings. The molecule has 0 aliphatic heterocycles. The second-order valence-electron chi connectivity index (χ2n) is 3.61. The van der Waals surface area contributed by atoms with Gasteiger partial charge in [-0.15, -0.1) is 0 Å². The molecule has 0 saturated heterocycles. The molecule has 1 aliphatic carbocycles. The molecule has 2 amide bonds. The van der Waals surface area contributed by atoms with Crippen LogP contribution in [0, 0.1) is 0 Å². The highest BCUT2D eigenvalue weighted by molar-refractivity contribution is 9.10. The Morgan fingerprint density at radius 3 is 2.80 bits per heavy atom. The molecule has 15 heavy (non-hydrogen) atoms. The Bertz CT molecular complexity index is 390. The zero-order valence-electron chi connectivity index (χ0n) is 8.09. The summed E-state index contributed by atoms with van der Waals surface area (Å²) in [4.78, 5) is 11.4. The van der Waals surface area contributed by atoms with E-state index in [4.69, 9.17) is 5.73 Å². The highest BCUT2D eigenvalue weighted by Crippen LogP contribution is 2.23. The van der Waals surface area contributed by atoms with Gasteiger partial charge in [-0.25, -0.2) is 4.79 Å². The maximum atomic E-state index is 11.4. The van der Waals surface area contributed by atoms with Crippen LogP contribution in [0.25, 0.3) is 0 Å². The molecule has 1 aliphatic rings. The topological polar surface area (TPSA) is 67.1 Å². The van der Waals surface area contributed by atoms with Crippen LogP contribution in [-0.4, -0.2) is 12.1 Å². The smallest absolute Gasteiger partial charge is 0.319 e. The van der Waals surface area contributed by atoms with Gasteiger partial charge in [0, 0.05) is 21.9 Å². The van der Waals surface area contributed by atoms with Crippen LogP contribution < -0.4 is 16.4 Å². The summed E-state index contributed by atoms with van der Waals surface area (Å²) in [5, 5.41) is 5.56. The fraction of sp³-hybridized carbons (Fsp3) is 0.300. The molecule has 80 valence electrons. The maximum Gasteiger partial charge on any atom is 0.319 e. The Balaban J connectivity index is 1.97. The van der Waals surface area contributed by atoms with Gasteiger partial charge in [-0.3, -0.25) is 0 Å². The Hall–Kier alpha value is -1.23. The molecule has 0 spiro atoms. The number of hydrogen-bond acceptors (Lipinski definition) is 2. The molecular weight excluding hydrogens is 258 g/mol. The zero-order chi connectivity index (χ0) is 10.8. The lowest BCUT2D eigenvalue weighted by molar-refractivity contribution is 0.251. The summed E-state index contributed by atoms with van der Waals surface area (Å²) >= 11 is 3.29. The summed E-state index contributed by atoms with van der Waals surface area (Å²) in [5.41, 5.74) is 7.00. The van der Waals surface area contributed by atoms with Gasteiger partial charge in [0.25, 0.3) is 0 Å². The van der Waals surface area contributed by atoms with Crippen LogP contribution in [0.2, 0.25) is 0 Å². The van der Waals surface area contributed by atoms with Gasteiger partial charge in [-0.05, 0) is 47.0 Å². The molecule has 0 unspecified atom stereocenters. The summed E-state index contributed by atoms with van der Waals surface area (Å²) in [7, 11) is 0. The van der Waals surface area contributed by atoms with Gasteiger partial charge < -0.3 is 16.4 Å². The Kier molecular flexibility index (Phi) is 2.81. The zero-order valence-corrected chi connectivity index (χ0v) is 9.67. The van der Waals surface area contributed by atoms with E-state index in [0.29, 0.717) is 17.4 Å². The molecule has 0 heterocycles. The number of rotatable bonds is 2. The number of urea groups is 1. The van der Waals surface area contributed by atoms with E-state index in [0.717, 1.165) is 17.3 Å². The van der Waals surface area contributed by atoms with Crippen molar-refractivity contribution in [2.24, 2.45) is 0 Å². The van der Waals surface area contributed by atoms with Crippen molar-refractivity contribution in [3.8, 4) is 0 Å². The van der Waals surface area contributed by atoms with Gasteiger partial charge in [0.1, 0.15) is 0 Å². The summed E-state index contributed by atoms with van der Waals surface area (Å²) < 4.78 is 0.829. The van der Waals surface area contributed by atoms with Crippen molar-refractivity contribution < 1.29 is 4.79 Å². The van der Waals surface area contributed by atoms with Crippen LogP contribution in [0.5, 0.6) is 0 Å². The van der Waals surface area contributed by atoms with Crippen molar-refractivity contribution in [3.63, 3.8) is 0 Å². The van der Waals surface area contributed by atoms with Crippen LogP contribution in [-0.2, 0) is 0 Å². The van der Waals surface area contributed by atoms with E-state index in [1.807, 2.05) is 6.07 Å². The lowest BCUT2D eigenvalue weighted by Crippen LogP contribution is -2.30. The number of nitrogen functional groups attached to an aromatic ring is 1. The highest BCUT2D eigenvalue weighted by Gasteiger charge is 2.23. The van der Waals surface area contributed by atoms with E-state index < -0.39 is 0 Å². The average molecular weight is 270 g/mol. The number of hydrogen-bond donors (Lipinski definition) is 3. The highest BCUT2D eigenvalue weighted by atomic mass is 79.9. The second kappa shape index (κ2) is 4.10. The minimum absolute atomic E-state index is 0.167. The van der Waals surface area contributed by atoms with Crippen molar-refractivity contribution in [1.29, 1.82) is 0 Å². The number of carbonyl (C=O) groups excluding carboxylic acids is 1. The number of nitrogens with two attached hydrogens (primary N) is 1. The number of amides is 2. The van der Waals surface area contributed by atoms with E-state index in [1.54, 1.807) is 12.1 Å². The van der Waals surface area contributed by atoms with Crippen molar-refractivity contribution in [3.05, 3.63) is 22.7 Å². The molecular formula is C10H12BrN3O. The molecule has 1 saturated carbocycles. The third kappa shape index (κ3) is 2.86. The predicted octanol–water partition coefficient (Wildman–Crippen LogP) is 2.32. The van der Waals surface area contributed by atoms with Gasteiger partial charge >= 0.3 is 6.03 Å². The van der Waals surface area contributed by atoms with Gasteiger partial charge in [-0.1, -0.05) is 0 Å². The molecule has 1 aromatic carbocycles. The summed E-state index contributed by atoms with van der Waals surface area (Å²) in [6.07, 6.45) is 2.16. The molecule has 2 rings (SSSR count). The first-order chi connectivity index (χ1) is 7.15. The Labute approximate surface area is 96.4 Å². The fourth-order valence-corrected chi connectivity index (χ4v) is 1.45. The third-order valence-electron chi connectivity index (χ3n) is 2.17. The Morgan fingerprint density at radius 1 is 1.47 bits per heavy atom. The quantitative estimate of drug-likeness (QED) is 0.722. The molecule has 0 bridgehead atoms. The minimum Gasteiger partial charge on any atom is -0.398 e. The number of benzene rings is 1. The number of halogens is 1. The first kappa shape index (κ1) is 10.3. The molecule has 4 nitrogen and oxygen atoms in total. The number of nitrogens with one attached hydrogen (secondary N) is 2. The van der Waals surface area contributed by atoms with E-state index in [-0.39, 0.29) is 6.03 Å². The molecule has 0 radical (unpaired) electrons. The minimum atomic E-state index is -0.167. The van der Waals surface area contributed by atoms with E-state index >= 15 is 0 Å². The van der Waals surface area contributed by atoms with Crippen molar-refractivity contribution in [2.45, 2.75) is 18.9 Å². The standard InChI is InChI=1S/C10H12BrN3O/c11-8-4-3-7(5-9(8)12)14-10(15)13-6-1-2-6/h3-6H,1-2,12H2,(H2,13,14,15). The fourth-order valence-electron chi connectivity index (χ4n) is 1.20. The van der Waals surface area contributed by atoms with E-state index in [2.05, 4.69) is 26.6 Å². The molecule has 4 N–H and O–H groups in total. The van der Waals surface area contributed by atoms with Gasteiger partial charge in [-0.2, -0.15) is 0 Å². The summed E-state index contributed by atoms with van der Waals surface area (Å²) in [6, 6.07) is 5.52. The normalized spacial score (nSPS) is 14.7. The van der Waals surface area contributed by atoms with Crippen LogP contribution in [0.15, 0.2) is 22.7 Å². The second-order valence-corrected chi connectivity index (χ2v) is 4.46. The van der Waals surface area contributed by atoms with Crippen LogP contribution in [0.4, 0.5) is 16.2 Å². The lowest BCUT2D eigenvalue weighted by atomic mass is 10.3. The Morgan fingerprint density at radius 2 is 2.20 bits per heavy atom. The first-order valence-corrected chi connectivity index (χ1v) is 5.57. The van der Waals surface area contributed by atoms with E-state index in [9.17, 15) is 4.79 Å². The van der Waals surface area contributed by atoms with Gasteiger partial charge in [0.15, 0.2) is 0 Å². The van der Waals surface area contributed by atoms with Crippen LogP contribution in [0.1, 0.15) is 12.8 Å². The molecule has 1 fully saturated rings. The van der Waals surface area contributed by atoms with Crippen molar-refractivity contribution >= 4 is 33.3 Å². The van der Waals surface area contributed by atoms with E-state index in [1.165, 1.54) is 0 Å². The summed E-state index contributed by atoms with van der Waals surface area (Å²) in [5.74, 6) is 0. The average Bonchev–Trinajstić information content (AvgIpc) is 2.95. The monoisotopic (exact) mass is 269 g/mol. The van der Waals surface area contributed by atoms with Crippen molar-refractivity contribution in [2.75, 3.05) is 11.1 Å². The largest absolute Gasteiger partial charge is 0.398 e. The number of anilines is 2. The van der Waals surface area contributed by atoms with Crippen LogP contribution >= 0.6 is 15.9 Å². The third-order valence-corrected chi connectivity index (χ3v) is 2.89. The van der Waals surface area contributed by atoms with Gasteiger partial charge in [0.05, 0.1) is 0 Å². The van der Waals surface area contributed by atoms with Crippen LogP contribution in [0.3, 0.4) is 0 Å².